The Hall–Kier alpha value is -1.84. The number of anilines is 1. The lowest BCUT2D eigenvalue weighted by molar-refractivity contribution is -0.122. The normalized spacial score (nSPS) is 16.1. The van der Waals surface area contributed by atoms with Gasteiger partial charge in [0.25, 0.3) is 0 Å². The minimum Gasteiger partial charge on any atom is -0.378 e. The van der Waals surface area contributed by atoms with Crippen LogP contribution in [0.2, 0.25) is 0 Å². The van der Waals surface area contributed by atoms with E-state index in [0.717, 1.165) is 11.3 Å². The molecule has 1 N–H and O–H groups in total. The van der Waals surface area contributed by atoms with Crippen molar-refractivity contribution < 1.29 is 4.79 Å². The molecule has 0 unspecified atom stereocenters. The van der Waals surface area contributed by atoms with Crippen molar-refractivity contribution in [3.05, 3.63) is 29.8 Å². The van der Waals surface area contributed by atoms with Gasteiger partial charge < -0.3 is 4.90 Å². The average Bonchev–Trinajstić information content (AvgIpc) is 2.49. The highest BCUT2D eigenvalue weighted by atomic mass is 16.2. The van der Waals surface area contributed by atoms with E-state index in [1.807, 2.05) is 43.3 Å². The van der Waals surface area contributed by atoms with Gasteiger partial charge >= 0.3 is 0 Å². The first-order valence-electron chi connectivity index (χ1n) is 7.74. The lowest BCUT2D eigenvalue weighted by Gasteiger charge is -2.20. The molecule has 4 heteroatoms. The molecule has 0 radical (unpaired) electrons. The van der Waals surface area contributed by atoms with E-state index in [0.29, 0.717) is 12.3 Å². The van der Waals surface area contributed by atoms with Crippen molar-refractivity contribution >= 4 is 17.8 Å². The van der Waals surface area contributed by atoms with Gasteiger partial charge in [0.05, 0.1) is 6.21 Å². The summed E-state index contributed by atoms with van der Waals surface area (Å²) in [5.74, 6) is 0.580. The molecule has 1 aliphatic rings. The van der Waals surface area contributed by atoms with Crippen molar-refractivity contribution in [3.8, 4) is 0 Å². The van der Waals surface area contributed by atoms with E-state index in [1.54, 1.807) is 6.21 Å². The van der Waals surface area contributed by atoms with Crippen molar-refractivity contribution in [2.24, 2.45) is 11.0 Å². The maximum Gasteiger partial charge on any atom is 0.240 e. The zero-order chi connectivity index (χ0) is 15.1. The molecule has 4 nitrogen and oxygen atoms in total. The summed E-state index contributed by atoms with van der Waals surface area (Å²) in [5, 5.41) is 4.04. The summed E-state index contributed by atoms with van der Waals surface area (Å²) in [7, 11) is 4.02. The Labute approximate surface area is 127 Å². The average molecular weight is 287 g/mol. The van der Waals surface area contributed by atoms with Gasteiger partial charge in [-0.3, -0.25) is 4.79 Å². The van der Waals surface area contributed by atoms with Crippen LogP contribution < -0.4 is 10.3 Å². The Balaban J connectivity index is 1.77. The molecule has 1 fully saturated rings. The molecule has 21 heavy (non-hydrogen) atoms. The third kappa shape index (κ3) is 5.21. The van der Waals surface area contributed by atoms with E-state index in [-0.39, 0.29) is 5.91 Å². The summed E-state index contributed by atoms with van der Waals surface area (Å²) >= 11 is 0. The number of carbonyl (C=O) groups is 1. The van der Waals surface area contributed by atoms with E-state index < -0.39 is 0 Å². The van der Waals surface area contributed by atoms with E-state index in [4.69, 9.17) is 0 Å². The van der Waals surface area contributed by atoms with Gasteiger partial charge in [-0.25, -0.2) is 5.43 Å². The van der Waals surface area contributed by atoms with Gasteiger partial charge in [0.15, 0.2) is 0 Å². The molecule has 0 saturated heterocycles. The number of amides is 1. The monoisotopic (exact) mass is 287 g/mol. The molecule has 0 heterocycles. The van der Waals surface area contributed by atoms with Gasteiger partial charge in [-0.2, -0.15) is 5.10 Å². The van der Waals surface area contributed by atoms with Crippen molar-refractivity contribution in [3.63, 3.8) is 0 Å². The maximum absolute atomic E-state index is 11.8. The molecule has 1 aliphatic carbocycles. The fourth-order valence-electron chi connectivity index (χ4n) is 2.74. The van der Waals surface area contributed by atoms with Crippen LogP contribution in [0.5, 0.6) is 0 Å². The fraction of sp³-hybridized carbons (Fsp3) is 0.529. The lowest BCUT2D eigenvalue weighted by Crippen LogP contribution is -2.22. The van der Waals surface area contributed by atoms with Gasteiger partial charge in [-0.05, 0) is 36.5 Å². The Bertz CT molecular complexity index is 473. The fourth-order valence-corrected chi connectivity index (χ4v) is 2.74. The highest BCUT2D eigenvalue weighted by molar-refractivity contribution is 5.82. The number of hydrogen-bond acceptors (Lipinski definition) is 3. The zero-order valence-electron chi connectivity index (χ0n) is 13.0. The van der Waals surface area contributed by atoms with Crippen LogP contribution >= 0.6 is 0 Å². The Morgan fingerprint density at radius 2 is 1.90 bits per heavy atom. The van der Waals surface area contributed by atoms with E-state index in [2.05, 4.69) is 10.5 Å². The molecule has 2 rings (SSSR count). The first kappa shape index (κ1) is 15.5. The summed E-state index contributed by atoms with van der Waals surface area (Å²) in [5.41, 5.74) is 4.77. The van der Waals surface area contributed by atoms with Crippen LogP contribution in [0.4, 0.5) is 5.69 Å². The Morgan fingerprint density at radius 3 is 2.52 bits per heavy atom. The smallest absolute Gasteiger partial charge is 0.240 e. The van der Waals surface area contributed by atoms with E-state index >= 15 is 0 Å². The molecular formula is C17H25N3O. The van der Waals surface area contributed by atoms with Crippen LogP contribution in [0.15, 0.2) is 29.4 Å². The standard InChI is InChI=1S/C17H25N3O/c1-20(2)16-10-8-15(9-11-16)13-18-19-17(21)12-14-6-4-3-5-7-14/h8-11,13-14H,3-7,12H2,1-2H3,(H,19,21)/b18-13-. The second-order valence-corrected chi connectivity index (χ2v) is 5.99. The molecule has 114 valence electrons. The third-order valence-corrected chi connectivity index (χ3v) is 4.01. The van der Waals surface area contributed by atoms with Crippen molar-refractivity contribution in [1.29, 1.82) is 0 Å². The number of nitrogens with one attached hydrogen (secondary N) is 1. The second-order valence-electron chi connectivity index (χ2n) is 5.99. The number of hydrogen-bond donors (Lipinski definition) is 1. The molecular weight excluding hydrogens is 262 g/mol. The highest BCUT2D eigenvalue weighted by Gasteiger charge is 2.16. The summed E-state index contributed by atoms with van der Waals surface area (Å²) in [6, 6.07) is 8.05. The zero-order valence-corrected chi connectivity index (χ0v) is 13.0. The van der Waals surface area contributed by atoms with E-state index in [9.17, 15) is 4.79 Å². The van der Waals surface area contributed by atoms with Gasteiger partial charge in [0.2, 0.25) is 5.91 Å². The second kappa shape index (κ2) is 7.81. The van der Waals surface area contributed by atoms with Crippen LogP contribution in [-0.2, 0) is 4.79 Å². The van der Waals surface area contributed by atoms with Gasteiger partial charge in [-0.15, -0.1) is 0 Å². The number of hydrazone groups is 1. The van der Waals surface area contributed by atoms with Crippen molar-refractivity contribution in [2.75, 3.05) is 19.0 Å². The largest absolute Gasteiger partial charge is 0.378 e. The Morgan fingerprint density at radius 1 is 1.24 bits per heavy atom. The number of rotatable bonds is 5. The molecule has 0 aliphatic heterocycles. The van der Waals surface area contributed by atoms with Crippen LogP contribution in [0.25, 0.3) is 0 Å². The number of benzene rings is 1. The van der Waals surface area contributed by atoms with Crippen LogP contribution in [-0.4, -0.2) is 26.2 Å². The summed E-state index contributed by atoms with van der Waals surface area (Å²) < 4.78 is 0. The molecule has 0 aromatic heterocycles. The van der Waals surface area contributed by atoms with Crippen LogP contribution in [0.1, 0.15) is 44.1 Å². The molecule has 0 spiro atoms. The van der Waals surface area contributed by atoms with Crippen LogP contribution in [0, 0.1) is 5.92 Å². The third-order valence-electron chi connectivity index (χ3n) is 4.01. The minimum absolute atomic E-state index is 0.0306. The molecule has 0 bridgehead atoms. The molecule has 1 aromatic carbocycles. The first-order chi connectivity index (χ1) is 10.1. The number of nitrogens with zero attached hydrogens (tertiary/aromatic N) is 2. The van der Waals surface area contributed by atoms with Crippen LogP contribution in [0.3, 0.4) is 0 Å². The Kier molecular flexibility index (Phi) is 5.78. The predicted molar refractivity (Wildman–Crippen MR) is 87.7 cm³/mol. The summed E-state index contributed by atoms with van der Waals surface area (Å²) in [6.45, 7) is 0. The quantitative estimate of drug-likeness (QED) is 0.668. The number of carbonyl (C=O) groups excluding carboxylic acids is 1. The molecule has 1 saturated carbocycles. The summed E-state index contributed by atoms with van der Waals surface area (Å²) in [6.07, 6.45) is 8.51. The lowest BCUT2D eigenvalue weighted by atomic mass is 9.87. The van der Waals surface area contributed by atoms with Crippen molar-refractivity contribution in [2.45, 2.75) is 38.5 Å². The molecule has 1 amide bonds. The summed E-state index contributed by atoms with van der Waals surface area (Å²) in [4.78, 5) is 13.9. The molecule has 1 aromatic rings. The first-order valence-corrected chi connectivity index (χ1v) is 7.74. The van der Waals surface area contributed by atoms with E-state index in [1.165, 1.54) is 32.1 Å². The van der Waals surface area contributed by atoms with Gasteiger partial charge in [0.1, 0.15) is 0 Å². The predicted octanol–water partition coefficient (Wildman–Crippen LogP) is 3.17. The SMILES string of the molecule is CN(C)c1ccc(/C=N\NC(=O)CC2CCCCC2)cc1. The minimum atomic E-state index is 0.0306. The highest BCUT2D eigenvalue weighted by Crippen LogP contribution is 2.25. The van der Waals surface area contributed by atoms with Gasteiger partial charge in [-0.1, -0.05) is 31.4 Å². The van der Waals surface area contributed by atoms with Crippen molar-refractivity contribution in [1.82, 2.24) is 5.43 Å². The molecule has 0 atom stereocenters. The van der Waals surface area contributed by atoms with Gasteiger partial charge in [0, 0.05) is 26.2 Å². The maximum atomic E-state index is 11.8. The topological polar surface area (TPSA) is 44.7 Å².